The van der Waals surface area contributed by atoms with Crippen molar-refractivity contribution >= 4 is 80.8 Å². The maximum atomic E-state index is 14.9. The molecule has 0 bridgehead atoms. The van der Waals surface area contributed by atoms with Crippen molar-refractivity contribution in [2.24, 2.45) is 5.92 Å². The monoisotopic (exact) mass is 605 g/mol. The lowest BCUT2D eigenvalue weighted by Gasteiger charge is -2.15. The lowest BCUT2D eigenvalue weighted by Crippen LogP contribution is -2.31. The molecule has 0 spiro atoms. The zero-order valence-electron chi connectivity index (χ0n) is 18.2. The molecule has 1 aliphatic rings. The van der Waals surface area contributed by atoms with Gasteiger partial charge in [0.15, 0.2) is 11.6 Å². The van der Waals surface area contributed by atoms with Crippen molar-refractivity contribution in [3.63, 3.8) is 0 Å². The molecule has 2 atom stereocenters. The Kier molecular flexibility index (Phi) is 8.85. The third-order valence-corrected chi connectivity index (χ3v) is 7.24. The Morgan fingerprint density at radius 3 is 2.32 bits per heavy atom. The highest BCUT2D eigenvalue weighted by molar-refractivity contribution is 7.92. The van der Waals surface area contributed by atoms with Crippen molar-refractivity contribution < 1.29 is 40.9 Å². The van der Waals surface area contributed by atoms with E-state index < -0.39 is 79.8 Å². The van der Waals surface area contributed by atoms with Crippen LogP contribution in [0.1, 0.15) is 16.8 Å². The number of rotatable bonds is 8. The Morgan fingerprint density at radius 2 is 1.73 bits per heavy atom. The van der Waals surface area contributed by atoms with Crippen molar-refractivity contribution in [3.8, 4) is 0 Å². The highest BCUT2D eigenvalue weighted by atomic mass is 35.5. The molecule has 0 heterocycles. The number of anilines is 3. The van der Waals surface area contributed by atoms with E-state index in [9.17, 15) is 40.9 Å². The Hall–Kier alpha value is -2.32. The Morgan fingerprint density at radius 1 is 1.08 bits per heavy atom. The highest BCUT2D eigenvalue weighted by Gasteiger charge is 2.56. The fraction of sp³-hybridized carbons (Fsp3) is 0.286. The Bertz CT molecular complexity index is 1250. The fourth-order valence-corrected chi connectivity index (χ4v) is 4.55. The van der Waals surface area contributed by atoms with Gasteiger partial charge >= 0.3 is 6.18 Å². The number of hydrogen-bond donors (Lipinski definition) is 3. The summed E-state index contributed by atoms with van der Waals surface area (Å²) < 4.78 is 76.1. The molecule has 0 aliphatic heterocycles. The van der Waals surface area contributed by atoms with Crippen LogP contribution in [-0.4, -0.2) is 44.3 Å². The van der Waals surface area contributed by atoms with Gasteiger partial charge in [0.1, 0.15) is 15.8 Å². The van der Waals surface area contributed by atoms with E-state index in [1.165, 1.54) is 18.2 Å². The molecule has 0 saturated heterocycles. The van der Waals surface area contributed by atoms with Crippen LogP contribution in [0.3, 0.4) is 0 Å². The van der Waals surface area contributed by atoms with Gasteiger partial charge in [-0.1, -0.05) is 11.6 Å². The zero-order chi connectivity index (χ0) is 27.7. The average molecular weight is 607 g/mol. The fourth-order valence-electron chi connectivity index (χ4n) is 3.01. The number of amides is 3. The number of carbonyl (C=O) groups excluding carboxylic acids is 3. The van der Waals surface area contributed by atoms with Gasteiger partial charge in [-0.05, 0) is 47.9 Å². The molecule has 7 nitrogen and oxygen atoms in total. The van der Waals surface area contributed by atoms with Gasteiger partial charge in [0.2, 0.25) is 11.7 Å². The molecular weight excluding hydrogens is 592 g/mol. The van der Waals surface area contributed by atoms with E-state index in [-0.39, 0.29) is 22.7 Å². The van der Waals surface area contributed by atoms with E-state index in [0.717, 1.165) is 6.07 Å². The van der Waals surface area contributed by atoms with E-state index in [1.807, 2.05) is 0 Å². The molecule has 2 aromatic rings. The van der Waals surface area contributed by atoms with Crippen molar-refractivity contribution in [2.45, 2.75) is 16.9 Å². The minimum Gasteiger partial charge on any atom is -0.616 e. The summed E-state index contributed by atoms with van der Waals surface area (Å²) in [7, 11) is 0. The van der Waals surface area contributed by atoms with E-state index in [0.29, 0.717) is 6.07 Å². The first-order chi connectivity index (χ1) is 17.1. The minimum absolute atomic E-state index is 0.0888. The van der Waals surface area contributed by atoms with Crippen LogP contribution in [0.4, 0.5) is 39.0 Å². The normalized spacial score (nSPS) is 17.1. The molecule has 3 N–H and O–H groups in total. The average Bonchev–Trinajstić information content (AvgIpc) is 3.41. The summed E-state index contributed by atoms with van der Waals surface area (Å²) in [5.41, 5.74) is -1.75. The second kappa shape index (κ2) is 11.2. The summed E-state index contributed by atoms with van der Waals surface area (Å²) in [6.07, 6.45) is -4.56. The van der Waals surface area contributed by atoms with Crippen LogP contribution in [0.25, 0.3) is 0 Å². The van der Waals surface area contributed by atoms with Crippen LogP contribution in [0.15, 0.2) is 30.3 Å². The second-order valence-corrected chi connectivity index (χ2v) is 11.2. The molecule has 16 heteroatoms. The van der Waals surface area contributed by atoms with Crippen molar-refractivity contribution in [3.05, 3.63) is 52.6 Å². The topological polar surface area (TPSA) is 110 Å². The van der Waals surface area contributed by atoms with Crippen LogP contribution in [-0.2, 0) is 20.8 Å². The molecule has 1 fully saturated rings. The molecular formula is C21H15Cl3F5N3O4S. The first-order valence-electron chi connectivity index (χ1n) is 10.1. The molecule has 3 amide bonds. The van der Waals surface area contributed by atoms with Gasteiger partial charge in [-0.15, -0.1) is 23.2 Å². The van der Waals surface area contributed by atoms with Gasteiger partial charge in [-0.2, -0.15) is 13.2 Å². The second-order valence-electron chi connectivity index (χ2n) is 7.83. The smallest absolute Gasteiger partial charge is 0.433 e. The molecule has 3 rings (SSSR count). The molecule has 2 aromatic carbocycles. The van der Waals surface area contributed by atoms with Crippen LogP contribution in [0.5, 0.6) is 0 Å². The van der Waals surface area contributed by atoms with E-state index in [1.54, 1.807) is 5.32 Å². The summed E-state index contributed by atoms with van der Waals surface area (Å²) in [5, 5.41) is 6.27. The number of alkyl halides is 5. The number of hydrogen-bond acceptors (Lipinski definition) is 4. The van der Waals surface area contributed by atoms with Crippen LogP contribution >= 0.6 is 34.8 Å². The molecule has 1 saturated carbocycles. The number of halogens is 8. The maximum Gasteiger partial charge on any atom is 0.433 e. The van der Waals surface area contributed by atoms with Gasteiger partial charge in [0.05, 0.1) is 22.2 Å². The first kappa shape index (κ1) is 29.2. The van der Waals surface area contributed by atoms with E-state index in [2.05, 4.69) is 10.6 Å². The minimum atomic E-state index is -4.80. The van der Waals surface area contributed by atoms with Gasteiger partial charge < -0.3 is 20.5 Å². The molecule has 37 heavy (non-hydrogen) atoms. The maximum absolute atomic E-state index is 14.9. The predicted molar refractivity (Wildman–Crippen MR) is 129 cm³/mol. The Balaban J connectivity index is 1.72. The molecule has 0 radical (unpaired) electrons. The quantitative estimate of drug-likeness (QED) is 0.217. The van der Waals surface area contributed by atoms with E-state index in [4.69, 9.17) is 34.8 Å². The largest absolute Gasteiger partial charge is 0.616 e. The standard InChI is InChI=1S/C21H15Cl3F5N3O4S/c22-12-2-1-9(30-19(35)11-6-20(11,23)24)5-10(12)18(34)31-14-4-3-13(25)17(16(14)26)32-15(33)7-37(36)8-21(27,28)29/h1-5,11H,6-8H2,(H,30,35)(H,31,34)(H,32,33)/t11-,37?/m1/s1. The summed E-state index contributed by atoms with van der Waals surface area (Å²) in [5.74, 6) is -9.19. The van der Waals surface area contributed by atoms with Crippen molar-refractivity contribution in [1.29, 1.82) is 0 Å². The zero-order valence-corrected chi connectivity index (χ0v) is 21.2. The summed E-state index contributed by atoms with van der Waals surface area (Å²) in [6.45, 7) is 0. The molecule has 1 aliphatic carbocycles. The van der Waals surface area contributed by atoms with Crippen LogP contribution < -0.4 is 16.0 Å². The van der Waals surface area contributed by atoms with Gasteiger partial charge in [0, 0.05) is 5.69 Å². The number of carbonyl (C=O) groups is 3. The third kappa shape index (κ3) is 7.84. The number of benzene rings is 2. The lowest BCUT2D eigenvalue weighted by molar-refractivity contribution is -0.117. The first-order valence-corrected chi connectivity index (χ1v) is 12.7. The van der Waals surface area contributed by atoms with Gasteiger partial charge in [-0.25, -0.2) is 8.78 Å². The predicted octanol–water partition coefficient (Wildman–Crippen LogP) is 5.25. The molecule has 200 valence electrons. The van der Waals surface area contributed by atoms with Gasteiger partial charge in [0.25, 0.3) is 11.8 Å². The lowest BCUT2D eigenvalue weighted by atomic mass is 10.1. The highest BCUT2D eigenvalue weighted by Crippen LogP contribution is 2.53. The van der Waals surface area contributed by atoms with Crippen molar-refractivity contribution in [2.75, 3.05) is 27.5 Å². The summed E-state index contributed by atoms with van der Waals surface area (Å²) >= 11 is 15.1. The van der Waals surface area contributed by atoms with Crippen LogP contribution in [0, 0.1) is 17.6 Å². The third-order valence-electron chi connectivity index (χ3n) is 4.84. The number of nitrogens with one attached hydrogen (secondary N) is 3. The SMILES string of the molecule is O=C(C[S+]([O-])CC(F)(F)F)Nc1c(F)ccc(NC(=O)c2cc(NC(=O)[C@H]3CC3(Cl)Cl)ccc2Cl)c1F. The van der Waals surface area contributed by atoms with Crippen molar-refractivity contribution in [1.82, 2.24) is 0 Å². The summed E-state index contributed by atoms with van der Waals surface area (Å²) in [6, 6.07) is 5.36. The molecule has 1 unspecified atom stereocenters. The van der Waals surface area contributed by atoms with Crippen LogP contribution in [0.2, 0.25) is 5.02 Å². The Labute approximate surface area is 224 Å². The molecule has 0 aromatic heterocycles. The van der Waals surface area contributed by atoms with E-state index >= 15 is 0 Å². The summed E-state index contributed by atoms with van der Waals surface area (Å²) in [4.78, 5) is 36.8. The van der Waals surface area contributed by atoms with Gasteiger partial charge in [-0.3, -0.25) is 14.4 Å².